The van der Waals surface area contributed by atoms with Crippen molar-refractivity contribution in [1.29, 1.82) is 0 Å². The summed E-state index contributed by atoms with van der Waals surface area (Å²) in [5.41, 5.74) is 3.93. The average molecular weight is 357 g/mol. The number of piperazine rings is 1. The molecule has 0 radical (unpaired) electrons. The molecular weight excluding hydrogens is 326 g/mol. The molecule has 4 rings (SSSR count). The maximum absolute atomic E-state index is 9.10. The molecular formula is C21H31N3O2. The van der Waals surface area contributed by atoms with E-state index in [1.54, 1.807) is 0 Å². The Morgan fingerprint density at radius 1 is 1.08 bits per heavy atom. The first kappa shape index (κ1) is 18.0. The van der Waals surface area contributed by atoms with Crippen molar-refractivity contribution in [3.8, 4) is 0 Å². The Labute approximate surface area is 156 Å². The van der Waals surface area contributed by atoms with Crippen LogP contribution in [0.15, 0.2) is 24.3 Å². The van der Waals surface area contributed by atoms with Crippen LogP contribution in [0, 0.1) is 0 Å². The van der Waals surface area contributed by atoms with Crippen molar-refractivity contribution < 1.29 is 9.84 Å². The molecule has 1 aromatic heterocycles. The zero-order chi connectivity index (χ0) is 18.1. The summed E-state index contributed by atoms with van der Waals surface area (Å²) < 4.78 is 8.71. The van der Waals surface area contributed by atoms with Crippen molar-refractivity contribution in [2.75, 3.05) is 52.5 Å². The average Bonchev–Trinajstić information content (AvgIpc) is 2.96. The Morgan fingerprint density at radius 2 is 1.77 bits per heavy atom. The van der Waals surface area contributed by atoms with Gasteiger partial charge in [0.2, 0.25) is 0 Å². The molecule has 0 bridgehead atoms. The van der Waals surface area contributed by atoms with Gasteiger partial charge in [0.1, 0.15) is 5.60 Å². The lowest BCUT2D eigenvalue weighted by molar-refractivity contribution is -0.0633. The molecule has 5 heteroatoms. The Kier molecular flexibility index (Phi) is 5.06. The predicted molar refractivity (Wildman–Crippen MR) is 105 cm³/mol. The van der Waals surface area contributed by atoms with Crippen molar-refractivity contribution in [1.82, 2.24) is 14.4 Å². The predicted octanol–water partition coefficient (Wildman–Crippen LogP) is 1.97. The fourth-order valence-corrected chi connectivity index (χ4v) is 4.79. The molecule has 1 N–H and O–H groups in total. The Morgan fingerprint density at radius 3 is 2.50 bits per heavy atom. The minimum atomic E-state index is -0.219. The van der Waals surface area contributed by atoms with Gasteiger partial charge in [-0.05, 0) is 31.4 Å². The first-order valence-electron chi connectivity index (χ1n) is 9.89. The summed E-state index contributed by atoms with van der Waals surface area (Å²) in [6.45, 7) is 9.47. The van der Waals surface area contributed by atoms with Crippen LogP contribution in [0.2, 0.25) is 0 Å². The Balaban J connectivity index is 1.50. The molecule has 2 aromatic rings. The number of aliphatic hydroxyl groups excluding tert-OH is 1. The van der Waals surface area contributed by atoms with E-state index >= 15 is 0 Å². The Hall–Kier alpha value is -1.40. The molecule has 1 atom stereocenters. The van der Waals surface area contributed by atoms with E-state index in [0.29, 0.717) is 0 Å². The maximum Gasteiger partial charge on any atom is 0.107 e. The van der Waals surface area contributed by atoms with E-state index in [2.05, 4.69) is 52.6 Å². The van der Waals surface area contributed by atoms with Crippen LogP contribution in [0.3, 0.4) is 0 Å². The number of fused-ring (bicyclic) bond motifs is 3. The number of hydrogen-bond donors (Lipinski definition) is 1. The van der Waals surface area contributed by atoms with Crippen molar-refractivity contribution in [3.63, 3.8) is 0 Å². The highest BCUT2D eigenvalue weighted by Crippen LogP contribution is 2.40. The van der Waals surface area contributed by atoms with Crippen LogP contribution in [-0.4, -0.2) is 72.0 Å². The molecule has 1 fully saturated rings. The maximum atomic E-state index is 9.10. The molecule has 2 aliphatic heterocycles. The minimum Gasteiger partial charge on any atom is -0.395 e. The molecule has 5 nitrogen and oxygen atoms in total. The van der Waals surface area contributed by atoms with Gasteiger partial charge in [-0.3, -0.25) is 4.90 Å². The van der Waals surface area contributed by atoms with Gasteiger partial charge in [0.05, 0.1) is 18.9 Å². The molecule has 0 saturated carbocycles. The van der Waals surface area contributed by atoms with Crippen LogP contribution in [0.4, 0.5) is 0 Å². The second kappa shape index (κ2) is 7.31. The molecule has 1 aromatic carbocycles. The van der Waals surface area contributed by atoms with Gasteiger partial charge in [-0.15, -0.1) is 0 Å². The second-order valence-corrected chi connectivity index (χ2v) is 7.89. The minimum absolute atomic E-state index is 0.219. The number of para-hydroxylation sites is 1. The summed E-state index contributed by atoms with van der Waals surface area (Å²) in [6, 6.07) is 8.73. The summed E-state index contributed by atoms with van der Waals surface area (Å²) >= 11 is 0. The van der Waals surface area contributed by atoms with E-state index in [9.17, 15) is 0 Å². The molecule has 1 saturated heterocycles. The van der Waals surface area contributed by atoms with Gasteiger partial charge < -0.3 is 19.3 Å². The van der Waals surface area contributed by atoms with E-state index in [4.69, 9.17) is 9.84 Å². The first-order valence-corrected chi connectivity index (χ1v) is 9.89. The zero-order valence-corrected chi connectivity index (χ0v) is 16.1. The van der Waals surface area contributed by atoms with Crippen molar-refractivity contribution in [2.45, 2.75) is 25.4 Å². The quantitative estimate of drug-likeness (QED) is 0.888. The highest BCUT2D eigenvalue weighted by Gasteiger charge is 2.37. The van der Waals surface area contributed by atoms with Gasteiger partial charge in [0, 0.05) is 57.2 Å². The van der Waals surface area contributed by atoms with Crippen molar-refractivity contribution in [2.24, 2.45) is 7.05 Å². The van der Waals surface area contributed by atoms with Gasteiger partial charge in [0.25, 0.3) is 0 Å². The van der Waals surface area contributed by atoms with Gasteiger partial charge in [0.15, 0.2) is 0 Å². The number of aryl methyl sites for hydroxylation is 1. The normalized spacial score (nSPS) is 24.9. The van der Waals surface area contributed by atoms with Gasteiger partial charge in [-0.25, -0.2) is 0 Å². The number of aliphatic hydroxyl groups is 1. The standard InChI is InChI=1S/C21H31N3O2/c1-21(8-9-23-10-12-24(13-11-23)14-15-25)20-18(7-16-26-21)17-5-3-4-6-19(17)22(20)2/h3-6,25H,7-16H2,1-2H3. The molecule has 0 amide bonds. The number of hydrogen-bond acceptors (Lipinski definition) is 4. The number of β-amino-alcohol motifs (C(OH)–C–C–N with tert-alkyl or cyclic N) is 1. The molecule has 0 aliphatic carbocycles. The third-order valence-electron chi connectivity index (χ3n) is 6.27. The van der Waals surface area contributed by atoms with Gasteiger partial charge in [-0.2, -0.15) is 0 Å². The molecule has 3 heterocycles. The van der Waals surface area contributed by atoms with Crippen LogP contribution >= 0.6 is 0 Å². The largest absolute Gasteiger partial charge is 0.395 e. The number of nitrogens with zero attached hydrogens (tertiary/aromatic N) is 3. The van der Waals surface area contributed by atoms with E-state index in [-0.39, 0.29) is 12.2 Å². The lowest BCUT2D eigenvalue weighted by atomic mass is 9.89. The molecule has 142 valence electrons. The third-order valence-corrected chi connectivity index (χ3v) is 6.27. The number of benzene rings is 1. The highest BCUT2D eigenvalue weighted by molar-refractivity contribution is 5.86. The van der Waals surface area contributed by atoms with E-state index < -0.39 is 0 Å². The van der Waals surface area contributed by atoms with E-state index in [1.165, 1.54) is 22.2 Å². The molecule has 0 spiro atoms. The summed E-state index contributed by atoms with van der Waals surface area (Å²) in [5.74, 6) is 0. The van der Waals surface area contributed by atoms with Crippen LogP contribution in [0.25, 0.3) is 10.9 Å². The number of rotatable bonds is 5. The topological polar surface area (TPSA) is 40.9 Å². The molecule has 2 aliphatic rings. The second-order valence-electron chi connectivity index (χ2n) is 7.89. The van der Waals surface area contributed by atoms with E-state index in [0.717, 1.165) is 58.7 Å². The zero-order valence-electron chi connectivity index (χ0n) is 16.1. The summed E-state index contributed by atoms with van der Waals surface area (Å²) in [5, 5.41) is 10.5. The van der Waals surface area contributed by atoms with Crippen LogP contribution < -0.4 is 0 Å². The molecule has 1 unspecified atom stereocenters. The summed E-state index contributed by atoms with van der Waals surface area (Å²) in [4.78, 5) is 4.89. The SMILES string of the molecule is Cn1c2c(c3ccccc31)CCOC2(C)CCN1CCN(CCO)CC1. The van der Waals surface area contributed by atoms with Gasteiger partial charge in [-0.1, -0.05) is 18.2 Å². The van der Waals surface area contributed by atoms with E-state index in [1.807, 2.05) is 0 Å². The monoisotopic (exact) mass is 357 g/mol. The van der Waals surface area contributed by atoms with Crippen molar-refractivity contribution >= 4 is 10.9 Å². The summed E-state index contributed by atoms with van der Waals surface area (Å²) in [7, 11) is 2.18. The van der Waals surface area contributed by atoms with Crippen molar-refractivity contribution in [3.05, 3.63) is 35.5 Å². The third kappa shape index (κ3) is 3.18. The lowest BCUT2D eigenvalue weighted by Crippen LogP contribution is -2.48. The highest BCUT2D eigenvalue weighted by atomic mass is 16.5. The smallest absolute Gasteiger partial charge is 0.107 e. The molecule has 26 heavy (non-hydrogen) atoms. The van der Waals surface area contributed by atoms with Crippen LogP contribution in [0.5, 0.6) is 0 Å². The first-order chi connectivity index (χ1) is 12.6. The Bertz CT molecular complexity index is 764. The van der Waals surface area contributed by atoms with Crippen LogP contribution in [-0.2, 0) is 23.8 Å². The fourth-order valence-electron chi connectivity index (χ4n) is 4.79. The lowest BCUT2D eigenvalue weighted by Gasteiger charge is -2.39. The number of aromatic nitrogens is 1. The number of ether oxygens (including phenoxy) is 1. The summed E-state index contributed by atoms with van der Waals surface area (Å²) in [6.07, 6.45) is 2.02. The van der Waals surface area contributed by atoms with Crippen LogP contribution in [0.1, 0.15) is 24.6 Å². The van der Waals surface area contributed by atoms with Gasteiger partial charge >= 0.3 is 0 Å². The fraction of sp³-hybridized carbons (Fsp3) is 0.619.